The lowest BCUT2D eigenvalue weighted by Gasteiger charge is -2.25. The van der Waals surface area contributed by atoms with Crippen LogP contribution in [0.4, 0.5) is 34.1 Å². The van der Waals surface area contributed by atoms with E-state index >= 15 is 0 Å². The molecule has 0 bridgehead atoms. The summed E-state index contributed by atoms with van der Waals surface area (Å²) in [6, 6.07) is 65.8. The van der Waals surface area contributed by atoms with Gasteiger partial charge in [-0.1, -0.05) is 97.1 Å². The summed E-state index contributed by atoms with van der Waals surface area (Å²) in [5, 5.41) is 7.94. The van der Waals surface area contributed by atoms with E-state index in [-0.39, 0.29) is 0 Å². The molecular weight excluding hydrogens is 645 g/mol. The second-order valence-electron chi connectivity index (χ2n) is 12.6. The molecule has 0 amide bonds. The Morgan fingerprint density at radius 3 is 0.920 bits per heavy atom. The highest BCUT2D eigenvalue weighted by molar-refractivity contribution is 7.26. The van der Waals surface area contributed by atoms with Crippen molar-refractivity contribution >= 4 is 108 Å². The number of rotatable bonds is 6. The van der Waals surface area contributed by atoms with Crippen LogP contribution in [0.5, 0.6) is 0 Å². The zero-order valence-electron chi connectivity index (χ0n) is 27.0. The van der Waals surface area contributed by atoms with E-state index in [9.17, 15) is 0 Å². The van der Waals surface area contributed by atoms with Gasteiger partial charge in [0.05, 0.1) is 0 Å². The third-order valence-corrected chi connectivity index (χ3v) is 11.8. The molecule has 0 saturated carbocycles. The summed E-state index contributed by atoms with van der Waals surface area (Å²) in [4.78, 5) is 4.68. The lowest BCUT2D eigenvalue weighted by atomic mass is 9.99. The average Bonchev–Trinajstić information content (AvgIpc) is 3.75. The van der Waals surface area contributed by atoms with Crippen LogP contribution in [0.15, 0.2) is 182 Å². The van der Waals surface area contributed by atoms with Gasteiger partial charge in [0.25, 0.3) is 0 Å². The quantitative estimate of drug-likeness (QED) is 0.173. The fraction of sp³-hybridized carbons (Fsp3) is 0. The normalized spacial score (nSPS) is 11.6. The molecule has 0 fully saturated rings. The lowest BCUT2D eigenvalue weighted by Crippen LogP contribution is -2.09. The molecule has 10 rings (SSSR count). The zero-order chi connectivity index (χ0) is 33.0. The third-order valence-electron chi connectivity index (χ3n) is 9.61. The fourth-order valence-electron chi connectivity index (χ4n) is 7.41. The first-order valence-corrected chi connectivity index (χ1v) is 18.5. The molecule has 2 aromatic heterocycles. The third kappa shape index (κ3) is 4.76. The van der Waals surface area contributed by atoms with E-state index < -0.39 is 0 Å². The van der Waals surface area contributed by atoms with Crippen LogP contribution in [0, 0.1) is 0 Å². The summed E-state index contributed by atoms with van der Waals surface area (Å²) in [5.74, 6) is 0. The van der Waals surface area contributed by atoms with E-state index in [1.807, 2.05) is 22.7 Å². The first kappa shape index (κ1) is 29.0. The van der Waals surface area contributed by atoms with Crippen molar-refractivity contribution in [2.45, 2.75) is 0 Å². The van der Waals surface area contributed by atoms with Crippen molar-refractivity contribution < 1.29 is 0 Å². The molecular formula is C46H30N2S2. The minimum atomic E-state index is 1.15. The first-order chi connectivity index (χ1) is 24.8. The monoisotopic (exact) mass is 674 g/mol. The molecule has 8 aromatic carbocycles. The summed E-state index contributed by atoms with van der Waals surface area (Å²) in [6.45, 7) is 0. The molecule has 0 unspecified atom stereocenters. The van der Waals surface area contributed by atoms with Crippen molar-refractivity contribution in [3.63, 3.8) is 0 Å². The molecule has 0 N–H and O–H groups in total. The highest BCUT2D eigenvalue weighted by Gasteiger charge is 2.18. The van der Waals surface area contributed by atoms with Gasteiger partial charge in [0.15, 0.2) is 0 Å². The van der Waals surface area contributed by atoms with Crippen LogP contribution in [0.1, 0.15) is 0 Å². The molecule has 4 heteroatoms. The Morgan fingerprint density at radius 1 is 0.260 bits per heavy atom. The summed E-state index contributed by atoms with van der Waals surface area (Å²) >= 11 is 3.76. The number of nitrogens with zero attached hydrogens (tertiary/aromatic N) is 2. The van der Waals surface area contributed by atoms with Crippen LogP contribution < -0.4 is 9.80 Å². The number of hydrogen-bond acceptors (Lipinski definition) is 4. The Kier molecular flexibility index (Phi) is 6.90. The van der Waals surface area contributed by atoms with E-state index in [1.165, 1.54) is 51.1 Å². The van der Waals surface area contributed by atoms with Gasteiger partial charge in [0.1, 0.15) is 0 Å². The van der Waals surface area contributed by atoms with Crippen molar-refractivity contribution in [1.29, 1.82) is 0 Å². The summed E-state index contributed by atoms with van der Waals surface area (Å²) < 4.78 is 5.23. The van der Waals surface area contributed by atoms with Gasteiger partial charge < -0.3 is 9.80 Å². The van der Waals surface area contributed by atoms with Gasteiger partial charge in [0, 0.05) is 74.5 Å². The number of para-hydroxylation sites is 4. The second kappa shape index (κ2) is 11.9. The molecule has 0 aliphatic rings. The molecule has 2 nitrogen and oxygen atoms in total. The maximum atomic E-state index is 2.36. The van der Waals surface area contributed by atoms with Crippen LogP contribution >= 0.6 is 22.7 Å². The first-order valence-electron chi connectivity index (χ1n) is 16.8. The van der Waals surface area contributed by atoms with E-state index in [0.29, 0.717) is 0 Å². The molecule has 0 spiro atoms. The van der Waals surface area contributed by atoms with Crippen LogP contribution in [-0.4, -0.2) is 0 Å². The molecule has 50 heavy (non-hydrogen) atoms. The number of anilines is 6. The van der Waals surface area contributed by atoms with Crippen LogP contribution in [0.25, 0.3) is 51.1 Å². The SMILES string of the molecule is c1ccc(N(c2ccccc2)c2ccc3c(c2)sc2ccc4c(ccc5sc6cc(N(c7ccccc7)c7ccccc7)ccc6c54)c23)cc1. The largest absolute Gasteiger partial charge is 0.310 e. The molecule has 0 radical (unpaired) electrons. The van der Waals surface area contributed by atoms with Crippen molar-refractivity contribution in [3.05, 3.63) is 182 Å². The van der Waals surface area contributed by atoms with Crippen LogP contribution in [0.2, 0.25) is 0 Å². The molecule has 0 saturated heterocycles. The summed E-state index contributed by atoms with van der Waals surface area (Å²) in [5.41, 5.74) is 6.91. The van der Waals surface area contributed by atoms with Crippen molar-refractivity contribution in [2.75, 3.05) is 9.80 Å². The summed E-state index contributed by atoms with van der Waals surface area (Å²) in [6.07, 6.45) is 0. The van der Waals surface area contributed by atoms with Gasteiger partial charge in [-0.25, -0.2) is 0 Å². The highest BCUT2D eigenvalue weighted by atomic mass is 32.1. The Balaban J connectivity index is 1.12. The zero-order valence-corrected chi connectivity index (χ0v) is 28.7. The predicted octanol–water partition coefficient (Wildman–Crippen LogP) is 14.5. The minimum absolute atomic E-state index is 1.15. The molecule has 2 heterocycles. The summed E-state index contributed by atoms with van der Waals surface area (Å²) in [7, 11) is 0. The minimum Gasteiger partial charge on any atom is -0.310 e. The Bertz CT molecular complexity index is 2530. The van der Waals surface area contributed by atoms with Crippen molar-refractivity contribution in [3.8, 4) is 0 Å². The van der Waals surface area contributed by atoms with Gasteiger partial charge in [-0.3, -0.25) is 0 Å². The second-order valence-corrected chi connectivity index (χ2v) is 14.7. The Morgan fingerprint density at radius 2 is 0.580 bits per heavy atom. The fourth-order valence-corrected chi connectivity index (χ4v) is 9.72. The molecule has 236 valence electrons. The Labute approximate surface area is 298 Å². The smallest absolute Gasteiger partial charge is 0.0476 e. The Hall–Kier alpha value is -5.94. The van der Waals surface area contributed by atoms with E-state index in [2.05, 4.69) is 192 Å². The highest BCUT2D eigenvalue weighted by Crippen LogP contribution is 2.47. The number of hydrogen-bond donors (Lipinski definition) is 0. The van der Waals surface area contributed by atoms with Gasteiger partial charge in [-0.15, -0.1) is 22.7 Å². The van der Waals surface area contributed by atoms with Gasteiger partial charge in [-0.2, -0.15) is 0 Å². The average molecular weight is 675 g/mol. The number of thiophene rings is 2. The van der Waals surface area contributed by atoms with E-state index in [1.54, 1.807) is 0 Å². The lowest BCUT2D eigenvalue weighted by molar-refractivity contribution is 1.29. The molecule has 0 atom stereocenters. The number of fused-ring (bicyclic) bond motifs is 9. The molecule has 10 aromatic rings. The van der Waals surface area contributed by atoms with Crippen molar-refractivity contribution in [2.24, 2.45) is 0 Å². The van der Waals surface area contributed by atoms with Crippen LogP contribution in [0.3, 0.4) is 0 Å². The van der Waals surface area contributed by atoms with Gasteiger partial charge in [0.2, 0.25) is 0 Å². The maximum absolute atomic E-state index is 2.36. The van der Waals surface area contributed by atoms with E-state index in [4.69, 9.17) is 0 Å². The van der Waals surface area contributed by atoms with E-state index in [0.717, 1.165) is 34.1 Å². The molecule has 0 aliphatic heterocycles. The van der Waals surface area contributed by atoms with Crippen LogP contribution in [-0.2, 0) is 0 Å². The standard InChI is InChI=1S/C46H30N2S2/c1-5-13-31(14-6-1)47(32-15-7-2-8-16-32)35-21-23-39-43(29-35)49-41-27-25-38-37(45(39)41)26-28-42-46(38)40-24-22-36(30-44(40)50-42)48(33-17-9-3-10-18-33)34-19-11-4-12-20-34/h1-30H. The topological polar surface area (TPSA) is 6.48 Å². The van der Waals surface area contributed by atoms with Crippen molar-refractivity contribution in [1.82, 2.24) is 0 Å². The van der Waals surface area contributed by atoms with Gasteiger partial charge in [-0.05, 0) is 95.7 Å². The maximum Gasteiger partial charge on any atom is 0.0476 e. The van der Waals surface area contributed by atoms with Gasteiger partial charge >= 0.3 is 0 Å². The predicted molar refractivity (Wildman–Crippen MR) is 219 cm³/mol. The molecule has 0 aliphatic carbocycles. The number of benzene rings is 8.